The highest BCUT2D eigenvalue weighted by Gasteiger charge is 2.43. The summed E-state index contributed by atoms with van der Waals surface area (Å²) in [6, 6.07) is 0. The Kier molecular flexibility index (Phi) is 2.73. The highest BCUT2D eigenvalue weighted by atomic mass is 14.5. The summed E-state index contributed by atoms with van der Waals surface area (Å²) in [6.45, 7) is 9.72. The second-order valence-corrected chi connectivity index (χ2v) is 6.92. The van der Waals surface area contributed by atoms with Gasteiger partial charge in [0.1, 0.15) is 0 Å². The first-order valence-corrected chi connectivity index (χ1v) is 6.59. The molecule has 0 aliphatic heterocycles. The van der Waals surface area contributed by atoms with E-state index in [-0.39, 0.29) is 0 Å². The first-order chi connectivity index (χ1) is 6.94. The minimum absolute atomic E-state index is 0.589. The molecule has 1 spiro atoms. The van der Waals surface area contributed by atoms with Crippen LogP contribution in [0.5, 0.6) is 0 Å². The summed E-state index contributed by atoms with van der Waals surface area (Å²) in [5.74, 6) is 0.905. The lowest BCUT2D eigenvalue weighted by atomic mass is 9.55. The molecule has 1 fully saturated rings. The fourth-order valence-corrected chi connectivity index (χ4v) is 4.01. The third-order valence-electron chi connectivity index (χ3n) is 4.89. The van der Waals surface area contributed by atoms with E-state index in [1.165, 1.54) is 38.5 Å². The summed E-state index contributed by atoms with van der Waals surface area (Å²) in [5, 5.41) is 0. The predicted molar refractivity (Wildman–Crippen MR) is 66.8 cm³/mol. The Hall–Kier alpha value is -0.260. The third kappa shape index (κ3) is 2.14. The Morgan fingerprint density at radius 2 is 2.00 bits per heavy atom. The maximum atomic E-state index is 2.52. The molecule has 0 heterocycles. The van der Waals surface area contributed by atoms with Crippen LogP contribution in [0.1, 0.15) is 66.2 Å². The Bertz CT molecular complexity index is 272. The van der Waals surface area contributed by atoms with Crippen molar-refractivity contribution < 1.29 is 0 Å². The highest BCUT2D eigenvalue weighted by Crippen LogP contribution is 2.55. The van der Waals surface area contributed by atoms with Gasteiger partial charge in [-0.05, 0) is 55.8 Å². The Labute approximate surface area is 95.1 Å². The molecule has 2 unspecified atom stereocenters. The molecule has 15 heavy (non-hydrogen) atoms. The van der Waals surface area contributed by atoms with Crippen LogP contribution in [0.15, 0.2) is 11.6 Å². The van der Waals surface area contributed by atoms with Gasteiger partial charge in [0.05, 0.1) is 0 Å². The molecule has 2 aliphatic rings. The fraction of sp³-hybridized carbons (Fsp3) is 0.867. The van der Waals surface area contributed by atoms with Crippen LogP contribution in [0.3, 0.4) is 0 Å². The van der Waals surface area contributed by atoms with Crippen LogP contribution in [0, 0.1) is 16.7 Å². The molecule has 86 valence electrons. The lowest BCUT2D eigenvalue weighted by Gasteiger charge is -2.50. The van der Waals surface area contributed by atoms with Crippen molar-refractivity contribution in [3.63, 3.8) is 0 Å². The van der Waals surface area contributed by atoms with E-state index in [1.807, 2.05) is 0 Å². The van der Waals surface area contributed by atoms with Crippen molar-refractivity contribution >= 4 is 0 Å². The van der Waals surface area contributed by atoms with E-state index in [9.17, 15) is 0 Å². The van der Waals surface area contributed by atoms with Crippen LogP contribution in [0.25, 0.3) is 0 Å². The van der Waals surface area contributed by atoms with Crippen LogP contribution in [0.4, 0.5) is 0 Å². The number of hydrogen-bond donors (Lipinski definition) is 0. The van der Waals surface area contributed by atoms with Crippen molar-refractivity contribution in [2.24, 2.45) is 16.7 Å². The first-order valence-electron chi connectivity index (χ1n) is 6.59. The second kappa shape index (κ2) is 3.64. The number of rotatable bonds is 0. The van der Waals surface area contributed by atoms with Gasteiger partial charge in [0.2, 0.25) is 0 Å². The van der Waals surface area contributed by atoms with Crippen LogP contribution in [0.2, 0.25) is 0 Å². The molecule has 0 bridgehead atoms. The average molecular weight is 206 g/mol. The normalized spacial score (nSPS) is 40.3. The second-order valence-electron chi connectivity index (χ2n) is 6.92. The predicted octanol–water partition coefficient (Wildman–Crippen LogP) is 4.95. The highest BCUT2D eigenvalue weighted by molar-refractivity contribution is 5.11. The van der Waals surface area contributed by atoms with E-state index in [0.717, 1.165) is 5.92 Å². The molecule has 0 nitrogen and oxygen atoms in total. The molecule has 0 aromatic heterocycles. The van der Waals surface area contributed by atoms with Crippen LogP contribution in [-0.2, 0) is 0 Å². The minimum atomic E-state index is 0.589. The summed E-state index contributed by atoms with van der Waals surface area (Å²) in [6.07, 6.45) is 11.0. The molecule has 0 aromatic carbocycles. The van der Waals surface area contributed by atoms with Gasteiger partial charge in [-0.2, -0.15) is 0 Å². The monoisotopic (exact) mass is 206 g/mol. The summed E-state index contributed by atoms with van der Waals surface area (Å²) in [7, 11) is 0. The van der Waals surface area contributed by atoms with Crippen molar-refractivity contribution in [3.8, 4) is 0 Å². The number of allylic oxidation sites excluding steroid dienone is 2. The van der Waals surface area contributed by atoms with Gasteiger partial charge in [-0.25, -0.2) is 0 Å². The first kappa shape index (κ1) is 11.2. The fourth-order valence-electron chi connectivity index (χ4n) is 4.01. The van der Waals surface area contributed by atoms with Gasteiger partial charge in [-0.1, -0.05) is 38.8 Å². The van der Waals surface area contributed by atoms with Gasteiger partial charge in [0.25, 0.3) is 0 Å². The zero-order valence-electron chi connectivity index (χ0n) is 10.9. The summed E-state index contributed by atoms with van der Waals surface area (Å²) >= 11 is 0. The zero-order valence-corrected chi connectivity index (χ0v) is 10.9. The lowest BCUT2D eigenvalue weighted by molar-refractivity contribution is 0.0300. The van der Waals surface area contributed by atoms with Crippen molar-refractivity contribution in [2.75, 3.05) is 0 Å². The quantitative estimate of drug-likeness (QED) is 0.492. The standard InChI is InChI=1S/C15H26/c1-12-6-9-15(13(2)10-12)8-5-7-14(3,4)11-15/h6,13H,5,7-11H2,1-4H3. The van der Waals surface area contributed by atoms with Gasteiger partial charge in [-0.3, -0.25) is 0 Å². The maximum Gasteiger partial charge on any atom is -0.0229 e. The smallest absolute Gasteiger partial charge is 0.0229 e. The van der Waals surface area contributed by atoms with Gasteiger partial charge in [0, 0.05) is 0 Å². The molecule has 0 N–H and O–H groups in total. The van der Waals surface area contributed by atoms with E-state index in [0.29, 0.717) is 10.8 Å². The molecule has 0 saturated heterocycles. The molecule has 0 aromatic rings. The summed E-state index contributed by atoms with van der Waals surface area (Å²) in [4.78, 5) is 0. The molecule has 2 rings (SSSR count). The molecule has 0 radical (unpaired) electrons. The molecular formula is C15H26. The zero-order chi connectivity index (χ0) is 11.1. The van der Waals surface area contributed by atoms with E-state index in [2.05, 4.69) is 33.8 Å². The average Bonchev–Trinajstić information content (AvgIpc) is 2.11. The lowest BCUT2D eigenvalue weighted by Crippen LogP contribution is -2.39. The van der Waals surface area contributed by atoms with Crippen LogP contribution < -0.4 is 0 Å². The SMILES string of the molecule is CC1=CCC2(CCCC(C)(C)C2)C(C)C1. The number of hydrogen-bond acceptors (Lipinski definition) is 0. The third-order valence-corrected chi connectivity index (χ3v) is 4.89. The van der Waals surface area contributed by atoms with E-state index < -0.39 is 0 Å². The van der Waals surface area contributed by atoms with E-state index in [4.69, 9.17) is 0 Å². The Balaban J connectivity index is 2.19. The van der Waals surface area contributed by atoms with Crippen LogP contribution in [-0.4, -0.2) is 0 Å². The molecule has 1 saturated carbocycles. The Morgan fingerprint density at radius 3 is 2.60 bits per heavy atom. The molecule has 2 atom stereocenters. The molecule has 0 amide bonds. The largest absolute Gasteiger partial charge is 0.0850 e. The molecule has 0 heteroatoms. The van der Waals surface area contributed by atoms with Gasteiger partial charge in [-0.15, -0.1) is 0 Å². The van der Waals surface area contributed by atoms with Crippen molar-refractivity contribution in [3.05, 3.63) is 11.6 Å². The topological polar surface area (TPSA) is 0 Å². The van der Waals surface area contributed by atoms with Gasteiger partial charge >= 0.3 is 0 Å². The van der Waals surface area contributed by atoms with Crippen molar-refractivity contribution in [2.45, 2.75) is 66.2 Å². The minimum Gasteiger partial charge on any atom is -0.0850 e. The Morgan fingerprint density at radius 1 is 1.27 bits per heavy atom. The van der Waals surface area contributed by atoms with Crippen molar-refractivity contribution in [1.82, 2.24) is 0 Å². The summed E-state index contributed by atoms with van der Waals surface area (Å²) < 4.78 is 0. The maximum absolute atomic E-state index is 2.52. The molecule has 2 aliphatic carbocycles. The molecular weight excluding hydrogens is 180 g/mol. The summed E-state index contributed by atoms with van der Waals surface area (Å²) in [5.41, 5.74) is 2.86. The van der Waals surface area contributed by atoms with Gasteiger partial charge < -0.3 is 0 Å². The van der Waals surface area contributed by atoms with E-state index >= 15 is 0 Å². The van der Waals surface area contributed by atoms with Crippen molar-refractivity contribution in [1.29, 1.82) is 0 Å². The van der Waals surface area contributed by atoms with E-state index in [1.54, 1.807) is 5.57 Å². The van der Waals surface area contributed by atoms with Gasteiger partial charge in [0.15, 0.2) is 0 Å². The van der Waals surface area contributed by atoms with Crippen LogP contribution >= 0.6 is 0 Å².